The van der Waals surface area contributed by atoms with Gasteiger partial charge in [-0.15, -0.1) is 0 Å². The van der Waals surface area contributed by atoms with E-state index in [9.17, 15) is 29.4 Å². The molecule has 164 valence electrons. The number of carboxylic acid groups (broad SMARTS) is 1. The average Bonchev–Trinajstić information content (AvgIpc) is 2.74. The third-order valence-electron chi connectivity index (χ3n) is 4.27. The molecule has 0 bridgehead atoms. The highest BCUT2D eigenvalue weighted by atomic mass is 35.5. The number of rotatable bonds is 9. The molecule has 2 aromatic rings. The van der Waals surface area contributed by atoms with Crippen LogP contribution in [0.4, 0.5) is 0 Å². The quantitative estimate of drug-likeness (QED) is 0.395. The highest BCUT2D eigenvalue weighted by Crippen LogP contribution is 2.18. The van der Waals surface area contributed by atoms with Gasteiger partial charge in [0.15, 0.2) is 0 Å². The van der Waals surface area contributed by atoms with Gasteiger partial charge in [-0.25, -0.2) is 4.79 Å². The predicted molar refractivity (Wildman–Crippen MR) is 113 cm³/mol. The molecule has 0 heterocycles. The summed E-state index contributed by atoms with van der Waals surface area (Å²) in [7, 11) is 0. The molecule has 0 aliphatic heterocycles. The Hall–Kier alpha value is -3.59. The number of hydrogen-bond donors (Lipinski definition) is 5. The molecule has 2 rings (SSSR count). The fraction of sp³-hybridized carbons (Fsp3) is 0.238. The van der Waals surface area contributed by atoms with Crippen molar-refractivity contribution in [3.05, 3.63) is 64.2 Å². The maximum Gasteiger partial charge on any atom is 0.328 e. The van der Waals surface area contributed by atoms with Gasteiger partial charge in [-0.3, -0.25) is 14.4 Å². The topological polar surface area (TPSA) is 145 Å². The first-order chi connectivity index (χ1) is 14.7. The Morgan fingerprint density at radius 3 is 2.39 bits per heavy atom. The minimum absolute atomic E-state index is 0.0146. The molecular weight excluding hydrogens is 426 g/mol. The van der Waals surface area contributed by atoms with Gasteiger partial charge in [0.1, 0.15) is 11.8 Å². The summed E-state index contributed by atoms with van der Waals surface area (Å²) in [6, 6.07) is 9.07. The number of phenolic OH excluding ortho intramolecular Hbond substituents is 1. The van der Waals surface area contributed by atoms with Crippen molar-refractivity contribution in [1.82, 2.24) is 16.0 Å². The Balaban J connectivity index is 2.02. The number of carbonyl (C=O) groups is 4. The van der Waals surface area contributed by atoms with Gasteiger partial charge >= 0.3 is 5.97 Å². The zero-order chi connectivity index (χ0) is 23.0. The summed E-state index contributed by atoms with van der Waals surface area (Å²) < 4.78 is 0. The number of halogens is 1. The summed E-state index contributed by atoms with van der Waals surface area (Å²) in [5.41, 5.74) is 0.885. The molecule has 0 aliphatic carbocycles. The van der Waals surface area contributed by atoms with E-state index in [0.29, 0.717) is 5.56 Å². The normalized spacial score (nSPS) is 11.3. The van der Waals surface area contributed by atoms with E-state index in [4.69, 9.17) is 11.6 Å². The number of carbonyl (C=O) groups excluding carboxylic acids is 3. The second-order valence-electron chi connectivity index (χ2n) is 6.57. The lowest BCUT2D eigenvalue weighted by molar-refractivity contribution is -0.139. The number of aromatic hydroxyl groups is 1. The lowest BCUT2D eigenvalue weighted by atomic mass is 10.1. The Kier molecular flexibility index (Phi) is 8.39. The number of hydrogen-bond acceptors (Lipinski definition) is 5. The van der Waals surface area contributed by atoms with Crippen LogP contribution < -0.4 is 16.0 Å². The molecule has 5 N–H and O–H groups in total. The standard InChI is InChI=1S/C21H22ClN3O6/c1-2-18(27)23-11-17(21(30)31)25-20(29)15-7-6-13(9-16(15)22)19(28)24-10-12-4-3-5-14(26)8-12/h3-9,17,26H,2,10-11H2,1H3,(H,23,27)(H,24,28)(H,25,29)(H,30,31)/t17-/m0/s1. The molecule has 0 fully saturated rings. The Bertz CT molecular complexity index is 995. The number of amides is 3. The fourth-order valence-corrected chi connectivity index (χ4v) is 2.83. The lowest BCUT2D eigenvalue weighted by Crippen LogP contribution is -2.48. The van der Waals surface area contributed by atoms with E-state index in [0.717, 1.165) is 0 Å². The maximum atomic E-state index is 12.4. The molecule has 3 amide bonds. The molecule has 0 saturated heterocycles. The minimum Gasteiger partial charge on any atom is -0.508 e. The first kappa shape index (κ1) is 23.7. The Morgan fingerprint density at radius 2 is 1.77 bits per heavy atom. The zero-order valence-corrected chi connectivity index (χ0v) is 17.4. The SMILES string of the molecule is CCC(=O)NC[C@H](NC(=O)c1ccc(C(=O)NCc2cccc(O)c2)cc1Cl)C(=O)O. The molecule has 0 spiro atoms. The van der Waals surface area contributed by atoms with Crippen molar-refractivity contribution in [3.63, 3.8) is 0 Å². The van der Waals surface area contributed by atoms with E-state index in [1.54, 1.807) is 19.1 Å². The molecule has 0 aromatic heterocycles. The predicted octanol–water partition coefficient (Wildman–Crippen LogP) is 1.68. The van der Waals surface area contributed by atoms with E-state index in [1.807, 2.05) is 0 Å². The maximum absolute atomic E-state index is 12.4. The molecule has 10 heteroatoms. The van der Waals surface area contributed by atoms with Crippen LogP contribution >= 0.6 is 11.6 Å². The van der Waals surface area contributed by atoms with E-state index in [-0.39, 0.29) is 47.3 Å². The molecule has 31 heavy (non-hydrogen) atoms. The van der Waals surface area contributed by atoms with Crippen molar-refractivity contribution < 1.29 is 29.4 Å². The van der Waals surface area contributed by atoms with Crippen LogP contribution in [0.25, 0.3) is 0 Å². The third kappa shape index (κ3) is 7.00. The average molecular weight is 448 g/mol. The first-order valence-electron chi connectivity index (χ1n) is 9.37. The second-order valence-corrected chi connectivity index (χ2v) is 6.98. The van der Waals surface area contributed by atoms with Crippen molar-refractivity contribution in [2.24, 2.45) is 0 Å². The van der Waals surface area contributed by atoms with Crippen LogP contribution in [0.1, 0.15) is 39.6 Å². The van der Waals surface area contributed by atoms with Crippen LogP contribution in [0.5, 0.6) is 5.75 Å². The summed E-state index contributed by atoms with van der Waals surface area (Å²) in [6.45, 7) is 1.52. The number of benzene rings is 2. The van der Waals surface area contributed by atoms with E-state index in [1.165, 1.54) is 30.3 Å². The summed E-state index contributed by atoms with van der Waals surface area (Å²) in [4.78, 5) is 47.4. The van der Waals surface area contributed by atoms with Gasteiger partial charge in [-0.2, -0.15) is 0 Å². The van der Waals surface area contributed by atoms with E-state index >= 15 is 0 Å². The van der Waals surface area contributed by atoms with Gasteiger partial charge in [0, 0.05) is 25.1 Å². The highest BCUT2D eigenvalue weighted by molar-refractivity contribution is 6.34. The number of aliphatic carboxylic acids is 1. The summed E-state index contributed by atoms with van der Waals surface area (Å²) in [6.07, 6.45) is 0.182. The lowest BCUT2D eigenvalue weighted by Gasteiger charge is -2.16. The molecule has 0 radical (unpaired) electrons. The number of phenols is 1. The fourth-order valence-electron chi connectivity index (χ4n) is 2.57. The van der Waals surface area contributed by atoms with Crippen LogP contribution in [0, 0.1) is 0 Å². The first-order valence-corrected chi connectivity index (χ1v) is 9.75. The van der Waals surface area contributed by atoms with Gasteiger partial charge < -0.3 is 26.2 Å². The number of carboxylic acids is 1. The van der Waals surface area contributed by atoms with E-state index < -0.39 is 23.8 Å². The molecule has 1 atom stereocenters. The Labute approximate surface area is 183 Å². The van der Waals surface area contributed by atoms with Crippen LogP contribution in [0.3, 0.4) is 0 Å². The zero-order valence-electron chi connectivity index (χ0n) is 16.6. The largest absolute Gasteiger partial charge is 0.508 e. The molecule has 2 aromatic carbocycles. The summed E-state index contributed by atoms with van der Waals surface area (Å²) in [5.74, 6) is -2.78. The smallest absolute Gasteiger partial charge is 0.328 e. The van der Waals surface area contributed by atoms with Crippen molar-refractivity contribution in [3.8, 4) is 5.75 Å². The van der Waals surface area contributed by atoms with Gasteiger partial charge in [-0.05, 0) is 35.9 Å². The van der Waals surface area contributed by atoms with Gasteiger partial charge in [0.25, 0.3) is 11.8 Å². The summed E-state index contributed by atoms with van der Waals surface area (Å²) >= 11 is 6.13. The molecule has 9 nitrogen and oxygen atoms in total. The van der Waals surface area contributed by atoms with Crippen molar-refractivity contribution in [2.45, 2.75) is 25.9 Å². The number of nitrogens with one attached hydrogen (secondary N) is 3. The monoisotopic (exact) mass is 447 g/mol. The van der Waals surface area contributed by atoms with Crippen molar-refractivity contribution in [1.29, 1.82) is 0 Å². The molecule has 0 unspecified atom stereocenters. The van der Waals surface area contributed by atoms with Crippen molar-refractivity contribution in [2.75, 3.05) is 6.54 Å². The van der Waals surface area contributed by atoms with Gasteiger partial charge in [-0.1, -0.05) is 30.7 Å². The van der Waals surface area contributed by atoms with Crippen LogP contribution in [0.15, 0.2) is 42.5 Å². The third-order valence-corrected chi connectivity index (χ3v) is 4.58. The Morgan fingerprint density at radius 1 is 1.03 bits per heavy atom. The van der Waals surface area contributed by atoms with Crippen LogP contribution in [-0.2, 0) is 16.1 Å². The van der Waals surface area contributed by atoms with Crippen LogP contribution in [-0.4, -0.2) is 46.5 Å². The van der Waals surface area contributed by atoms with E-state index in [2.05, 4.69) is 16.0 Å². The summed E-state index contributed by atoms with van der Waals surface area (Å²) in [5, 5.41) is 26.0. The second kappa shape index (κ2) is 11.0. The van der Waals surface area contributed by atoms with Gasteiger partial charge in [0.2, 0.25) is 5.91 Å². The highest BCUT2D eigenvalue weighted by Gasteiger charge is 2.23. The molecule has 0 aliphatic rings. The minimum atomic E-state index is -1.34. The van der Waals surface area contributed by atoms with Gasteiger partial charge in [0.05, 0.1) is 10.6 Å². The molecular formula is C21H22ClN3O6. The van der Waals surface area contributed by atoms with Crippen molar-refractivity contribution >= 4 is 35.3 Å². The molecule has 0 saturated carbocycles. The van der Waals surface area contributed by atoms with Crippen LogP contribution in [0.2, 0.25) is 5.02 Å².